The molecule has 2 saturated heterocycles. The van der Waals surface area contributed by atoms with Crippen LogP contribution in [0, 0.1) is 23.6 Å². The largest absolute Gasteiger partial charge is 0.466 e. The van der Waals surface area contributed by atoms with Gasteiger partial charge in [-0.1, -0.05) is 29.8 Å². The minimum atomic E-state index is -1.31. The lowest BCUT2D eigenvalue weighted by Crippen LogP contribution is -2.67. The molecule has 4 fully saturated rings. The number of piperidine rings is 1. The topological polar surface area (TPSA) is 88.2 Å². The van der Waals surface area contributed by atoms with E-state index in [4.69, 9.17) is 21.1 Å². The van der Waals surface area contributed by atoms with Crippen molar-refractivity contribution in [3.63, 3.8) is 0 Å². The van der Waals surface area contributed by atoms with Gasteiger partial charge in [0.25, 0.3) is 5.91 Å². The van der Waals surface area contributed by atoms with Crippen LogP contribution >= 0.6 is 22.9 Å². The molecule has 0 radical (unpaired) electrons. The summed E-state index contributed by atoms with van der Waals surface area (Å²) < 4.78 is 29.1. The Labute approximate surface area is 283 Å². The minimum Gasteiger partial charge on any atom is -0.466 e. The molecule has 1 amide bonds. The standard InChI is InChI=1S/C36H41ClFN3O5S/c1-2-45-35(44)22-9-11-26(12-10-22)46-36(40-13-5-6-14-40,41-19-24-15-25(24)20-41)33(42)17-23-16-29(37)31(18-30(23)38)39-34(43)28-21-47-32-8-4-3-7-27(28)32/h3-4,7-8,16,18,21-22,24-26H,2,5-6,9-15,17,19-20H2,1H3,(H,39,43). The van der Waals surface area contributed by atoms with Gasteiger partial charge in [0, 0.05) is 48.1 Å². The summed E-state index contributed by atoms with van der Waals surface area (Å²) in [5.74, 6) is -1.70. The van der Waals surface area contributed by atoms with Gasteiger partial charge in [-0.05, 0) is 87.5 Å². The van der Waals surface area contributed by atoms with Crippen molar-refractivity contribution in [2.24, 2.45) is 17.8 Å². The lowest BCUT2D eigenvalue weighted by Gasteiger charge is -2.49. The molecule has 0 bridgehead atoms. The van der Waals surface area contributed by atoms with Crippen molar-refractivity contribution in [1.82, 2.24) is 9.80 Å². The Hall–Kier alpha value is -2.89. The molecule has 2 aliphatic carbocycles. The van der Waals surface area contributed by atoms with E-state index in [2.05, 4.69) is 15.1 Å². The number of amides is 1. The summed E-state index contributed by atoms with van der Waals surface area (Å²) in [6, 6.07) is 10.3. The number of ketones is 1. The third kappa shape index (κ3) is 6.47. The van der Waals surface area contributed by atoms with Crippen molar-refractivity contribution in [3.05, 3.63) is 63.7 Å². The number of halogens is 2. The molecule has 3 heterocycles. The maximum atomic E-state index is 15.8. The lowest BCUT2D eigenvalue weighted by atomic mass is 9.87. The number of ether oxygens (including phenoxy) is 2. The van der Waals surface area contributed by atoms with Gasteiger partial charge in [-0.25, -0.2) is 4.39 Å². The average molecular weight is 682 g/mol. The predicted molar refractivity (Wildman–Crippen MR) is 180 cm³/mol. The number of carbonyl (C=O) groups excluding carboxylic acids is 3. The van der Waals surface area contributed by atoms with Crippen LogP contribution in [0.2, 0.25) is 5.02 Å². The number of esters is 1. The average Bonchev–Trinajstić information content (AvgIpc) is 3.48. The number of hydrogen-bond acceptors (Lipinski definition) is 8. The second-order valence-electron chi connectivity index (χ2n) is 13.4. The number of carbonyl (C=O) groups is 3. The molecule has 47 heavy (non-hydrogen) atoms. The first-order valence-electron chi connectivity index (χ1n) is 16.9. The maximum absolute atomic E-state index is 15.8. The monoisotopic (exact) mass is 681 g/mol. The Morgan fingerprint density at radius 1 is 1.04 bits per heavy atom. The molecule has 8 nitrogen and oxygen atoms in total. The van der Waals surface area contributed by atoms with Gasteiger partial charge in [-0.2, -0.15) is 0 Å². The molecular formula is C36H41ClFN3O5S. The molecule has 3 atom stereocenters. The molecule has 250 valence electrons. The molecule has 7 rings (SSSR count). The zero-order chi connectivity index (χ0) is 32.7. The first kappa shape index (κ1) is 32.6. The van der Waals surface area contributed by atoms with Gasteiger partial charge in [0.05, 0.1) is 34.9 Å². The Bertz CT molecular complexity index is 1660. The van der Waals surface area contributed by atoms with Crippen molar-refractivity contribution in [2.75, 3.05) is 38.1 Å². The molecule has 3 unspecified atom stereocenters. The highest BCUT2D eigenvalue weighted by Gasteiger charge is 2.59. The molecule has 11 heteroatoms. The number of Topliss-reactive ketones (excluding diaryl/α,β-unsaturated/α-hetero) is 1. The van der Waals surface area contributed by atoms with E-state index < -0.39 is 11.7 Å². The normalized spacial score (nSPS) is 25.8. The van der Waals surface area contributed by atoms with Crippen LogP contribution in [0.5, 0.6) is 0 Å². The van der Waals surface area contributed by atoms with Crippen molar-refractivity contribution < 1.29 is 28.2 Å². The predicted octanol–water partition coefficient (Wildman–Crippen LogP) is 6.90. The number of rotatable bonds is 11. The van der Waals surface area contributed by atoms with Gasteiger partial charge in [-0.15, -0.1) is 11.3 Å². The summed E-state index contributed by atoms with van der Waals surface area (Å²) in [4.78, 5) is 44.6. The van der Waals surface area contributed by atoms with Gasteiger partial charge in [0.15, 0.2) is 5.78 Å². The highest BCUT2D eigenvalue weighted by atomic mass is 35.5. The fourth-order valence-corrected chi connectivity index (χ4v) is 8.97. The molecular weight excluding hydrogens is 641 g/mol. The second kappa shape index (κ2) is 13.6. The van der Waals surface area contributed by atoms with Gasteiger partial charge < -0.3 is 14.8 Å². The highest BCUT2D eigenvalue weighted by molar-refractivity contribution is 7.17. The number of nitrogens with one attached hydrogen (secondary N) is 1. The molecule has 2 saturated carbocycles. The second-order valence-corrected chi connectivity index (χ2v) is 14.7. The number of thiophene rings is 1. The van der Waals surface area contributed by atoms with Gasteiger partial charge >= 0.3 is 5.97 Å². The number of fused-ring (bicyclic) bond motifs is 2. The summed E-state index contributed by atoms with van der Waals surface area (Å²) in [7, 11) is 0. The number of hydrogen-bond donors (Lipinski definition) is 1. The Morgan fingerprint density at radius 2 is 1.77 bits per heavy atom. The molecule has 2 aromatic carbocycles. The Kier molecular flexibility index (Phi) is 9.41. The SMILES string of the molecule is CCOC(=O)C1CCC(OC(C(=O)Cc2cc(Cl)c(NC(=O)c3csc4ccccc34)cc2F)(N2CCCC2)N2CC3CC3C2)CC1. The third-order valence-electron chi connectivity index (χ3n) is 10.4. The van der Waals surface area contributed by atoms with Crippen LogP contribution in [-0.2, 0) is 25.5 Å². The van der Waals surface area contributed by atoms with E-state index in [9.17, 15) is 14.4 Å². The Morgan fingerprint density at radius 3 is 2.49 bits per heavy atom. The summed E-state index contributed by atoms with van der Waals surface area (Å²) in [6.45, 7) is 5.17. The van der Waals surface area contributed by atoms with E-state index in [1.54, 1.807) is 5.38 Å². The third-order valence-corrected chi connectivity index (χ3v) is 11.7. The van der Waals surface area contributed by atoms with Crippen LogP contribution in [0.1, 0.15) is 67.8 Å². The zero-order valence-electron chi connectivity index (χ0n) is 26.6. The molecule has 1 N–H and O–H groups in total. The molecule has 4 aliphatic rings. The summed E-state index contributed by atoms with van der Waals surface area (Å²) in [5, 5.41) is 5.53. The maximum Gasteiger partial charge on any atom is 0.308 e. The number of nitrogens with zero attached hydrogens (tertiary/aromatic N) is 2. The molecule has 2 aliphatic heterocycles. The number of likely N-dealkylation sites (tertiary alicyclic amines) is 2. The first-order chi connectivity index (χ1) is 22.8. The van der Waals surface area contributed by atoms with Crippen molar-refractivity contribution in [1.29, 1.82) is 0 Å². The number of benzene rings is 2. The lowest BCUT2D eigenvalue weighted by molar-refractivity contribution is -0.254. The fraction of sp³-hybridized carbons (Fsp3) is 0.528. The van der Waals surface area contributed by atoms with Crippen molar-refractivity contribution in [3.8, 4) is 0 Å². The minimum absolute atomic E-state index is 0.153. The van der Waals surface area contributed by atoms with Gasteiger partial charge in [0.2, 0.25) is 5.85 Å². The van der Waals surface area contributed by atoms with E-state index in [-0.39, 0.29) is 52.4 Å². The van der Waals surface area contributed by atoms with Crippen LogP contribution in [0.15, 0.2) is 41.8 Å². The summed E-state index contributed by atoms with van der Waals surface area (Å²) in [6.07, 6.45) is 5.30. The van der Waals surface area contributed by atoms with E-state index in [1.807, 2.05) is 31.2 Å². The van der Waals surface area contributed by atoms with E-state index >= 15 is 4.39 Å². The summed E-state index contributed by atoms with van der Waals surface area (Å²) in [5.41, 5.74) is 0.816. The first-order valence-corrected chi connectivity index (χ1v) is 18.2. The molecule has 1 aromatic heterocycles. The van der Waals surface area contributed by atoms with Crippen LogP contribution in [0.3, 0.4) is 0 Å². The smallest absolute Gasteiger partial charge is 0.308 e. The van der Waals surface area contributed by atoms with E-state index in [0.29, 0.717) is 49.7 Å². The van der Waals surface area contributed by atoms with Crippen molar-refractivity contribution >= 4 is 56.4 Å². The highest BCUT2D eigenvalue weighted by Crippen LogP contribution is 2.49. The molecule has 0 spiro atoms. The zero-order valence-corrected chi connectivity index (χ0v) is 28.2. The van der Waals surface area contributed by atoms with Gasteiger partial charge in [0.1, 0.15) is 5.82 Å². The fourth-order valence-electron chi connectivity index (χ4n) is 7.79. The van der Waals surface area contributed by atoms with Crippen LogP contribution in [0.4, 0.5) is 10.1 Å². The van der Waals surface area contributed by atoms with Crippen molar-refractivity contribution in [2.45, 2.75) is 70.2 Å². The van der Waals surface area contributed by atoms with Crippen LogP contribution in [0.25, 0.3) is 10.1 Å². The summed E-state index contributed by atoms with van der Waals surface area (Å²) >= 11 is 8.10. The van der Waals surface area contributed by atoms with Gasteiger partial charge in [-0.3, -0.25) is 24.2 Å². The quantitative estimate of drug-likeness (QED) is 0.220. The van der Waals surface area contributed by atoms with E-state index in [0.717, 1.165) is 49.1 Å². The number of anilines is 1. The molecule has 3 aromatic rings. The van der Waals surface area contributed by atoms with Crippen LogP contribution in [-0.4, -0.2) is 72.2 Å². The van der Waals surface area contributed by atoms with Crippen LogP contribution < -0.4 is 5.32 Å². The van der Waals surface area contributed by atoms with E-state index in [1.165, 1.54) is 29.9 Å². The Balaban J connectivity index is 1.13.